The van der Waals surface area contributed by atoms with Gasteiger partial charge in [0.2, 0.25) is 0 Å². The summed E-state index contributed by atoms with van der Waals surface area (Å²) in [6.07, 6.45) is 3.16. The highest BCUT2D eigenvalue weighted by molar-refractivity contribution is 5.36. The Morgan fingerprint density at radius 2 is 2.00 bits per heavy atom. The van der Waals surface area contributed by atoms with Crippen LogP contribution in [0.4, 0.5) is 0 Å². The number of rotatable bonds is 3. The third-order valence-electron chi connectivity index (χ3n) is 1.98. The molecule has 4 heteroatoms. The van der Waals surface area contributed by atoms with Gasteiger partial charge in [-0.2, -0.15) is 5.48 Å². The second-order valence-electron chi connectivity index (χ2n) is 2.84. The molecule has 0 unspecified atom stereocenters. The zero-order valence-corrected chi connectivity index (χ0v) is 6.32. The van der Waals surface area contributed by atoms with Gasteiger partial charge in [-0.25, -0.2) is 0 Å². The van der Waals surface area contributed by atoms with E-state index in [1.165, 1.54) is 0 Å². The van der Waals surface area contributed by atoms with Crippen LogP contribution < -0.4 is 5.48 Å². The van der Waals surface area contributed by atoms with Gasteiger partial charge in [0.1, 0.15) is 0 Å². The van der Waals surface area contributed by atoms with Gasteiger partial charge >= 0.3 is 6.47 Å². The molecule has 1 saturated carbocycles. The van der Waals surface area contributed by atoms with Gasteiger partial charge in [0.25, 0.3) is 0 Å². The van der Waals surface area contributed by atoms with E-state index in [9.17, 15) is 4.79 Å². The van der Waals surface area contributed by atoms with Crippen molar-refractivity contribution in [1.82, 2.24) is 5.48 Å². The van der Waals surface area contributed by atoms with Gasteiger partial charge in [-0.3, -0.25) is 4.79 Å². The van der Waals surface area contributed by atoms with E-state index in [4.69, 9.17) is 5.11 Å². The molecule has 0 bridgehead atoms. The quantitative estimate of drug-likeness (QED) is 0.448. The molecule has 0 radical (unpaired) electrons. The van der Waals surface area contributed by atoms with Crippen molar-refractivity contribution in [3.05, 3.63) is 0 Å². The number of aliphatic hydroxyl groups excluding tert-OH is 1. The Hall–Kier alpha value is -0.610. The molecule has 4 nitrogen and oxygen atoms in total. The molecular weight excluding hydrogens is 146 g/mol. The van der Waals surface area contributed by atoms with Crippen molar-refractivity contribution in [2.45, 2.75) is 37.8 Å². The number of hydrogen-bond acceptors (Lipinski definition) is 4. The average molecular weight is 159 g/mol. The molecule has 0 spiro atoms. The van der Waals surface area contributed by atoms with Crippen LogP contribution >= 0.6 is 0 Å². The Labute approximate surface area is 65.5 Å². The number of hydrogen-bond donors (Lipinski definition) is 2. The third kappa shape index (κ3) is 2.86. The average Bonchev–Trinajstić information content (AvgIpc) is 2.04. The van der Waals surface area contributed by atoms with Crippen LogP contribution in [0.1, 0.15) is 25.7 Å². The fourth-order valence-electron chi connectivity index (χ4n) is 1.32. The molecule has 1 aliphatic carbocycles. The van der Waals surface area contributed by atoms with Crippen molar-refractivity contribution < 1.29 is 14.7 Å². The van der Waals surface area contributed by atoms with E-state index in [0.29, 0.717) is 6.47 Å². The Morgan fingerprint density at radius 3 is 2.55 bits per heavy atom. The summed E-state index contributed by atoms with van der Waals surface area (Å²) in [4.78, 5) is 14.2. The fraction of sp³-hybridized carbons (Fsp3) is 0.857. The molecule has 0 aliphatic heterocycles. The standard InChI is InChI=1S/C7H13NO3/c9-5-11-8-6-1-3-7(10)4-2-6/h5-8,10H,1-4H2. The molecule has 64 valence electrons. The van der Waals surface area contributed by atoms with Crippen LogP contribution in [0.3, 0.4) is 0 Å². The van der Waals surface area contributed by atoms with E-state index in [-0.39, 0.29) is 12.1 Å². The molecule has 1 rings (SSSR count). The summed E-state index contributed by atoms with van der Waals surface area (Å²) >= 11 is 0. The van der Waals surface area contributed by atoms with E-state index in [1.54, 1.807) is 0 Å². The van der Waals surface area contributed by atoms with E-state index in [2.05, 4.69) is 10.3 Å². The predicted octanol–water partition coefficient (Wildman–Crippen LogP) is -0.0325. The Bertz CT molecular complexity index is 121. The highest BCUT2D eigenvalue weighted by Crippen LogP contribution is 2.17. The van der Waals surface area contributed by atoms with Crippen molar-refractivity contribution >= 4 is 6.47 Å². The van der Waals surface area contributed by atoms with Crippen LogP contribution in [-0.4, -0.2) is 23.7 Å². The van der Waals surface area contributed by atoms with Crippen LogP contribution in [0, 0.1) is 0 Å². The molecule has 0 amide bonds. The first-order valence-corrected chi connectivity index (χ1v) is 3.86. The SMILES string of the molecule is O=CONC1CCC(O)CC1. The summed E-state index contributed by atoms with van der Waals surface area (Å²) in [5.74, 6) is 0. The molecule has 0 aromatic carbocycles. The molecule has 0 aromatic heterocycles. The Morgan fingerprint density at radius 1 is 1.36 bits per heavy atom. The van der Waals surface area contributed by atoms with Gasteiger partial charge in [0.15, 0.2) is 0 Å². The minimum absolute atomic E-state index is 0.163. The Balaban J connectivity index is 2.12. The zero-order chi connectivity index (χ0) is 8.10. The minimum Gasteiger partial charge on any atom is -0.393 e. The van der Waals surface area contributed by atoms with E-state index in [1.807, 2.05) is 0 Å². The maximum absolute atomic E-state index is 9.78. The molecule has 0 saturated heterocycles. The maximum Gasteiger partial charge on any atom is 0.312 e. The highest BCUT2D eigenvalue weighted by Gasteiger charge is 2.18. The lowest BCUT2D eigenvalue weighted by molar-refractivity contribution is -0.137. The summed E-state index contributed by atoms with van der Waals surface area (Å²) < 4.78 is 0. The van der Waals surface area contributed by atoms with Gasteiger partial charge in [-0.15, -0.1) is 0 Å². The van der Waals surface area contributed by atoms with Gasteiger partial charge in [0.05, 0.1) is 6.10 Å². The van der Waals surface area contributed by atoms with Crippen molar-refractivity contribution in [1.29, 1.82) is 0 Å². The maximum atomic E-state index is 9.78. The highest BCUT2D eigenvalue weighted by atomic mass is 16.7. The van der Waals surface area contributed by atoms with Gasteiger partial charge in [0, 0.05) is 6.04 Å². The number of carbonyl (C=O) groups excluding carboxylic acids is 1. The van der Waals surface area contributed by atoms with Crippen LogP contribution in [0.5, 0.6) is 0 Å². The van der Waals surface area contributed by atoms with Gasteiger partial charge < -0.3 is 9.94 Å². The zero-order valence-electron chi connectivity index (χ0n) is 6.32. The van der Waals surface area contributed by atoms with E-state index in [0.717, 1.165) is 25.7 Å². The summed E-state index contributed by atoms with van der Waals surface area (Å²) in [5, 5.41) is 9.11. The molecule has 1 aliphatic rings. The molecule has 0 aromatic rings. The first kappa shape index (κ1) is 8.49. The largest absolute Gasteiger partial charge is 0.393 e. The second-order valence-corrected chi connectivity index (χ2v) is 2.84. The smallest absolute Gasteiger partial charge is 0.312 e. The molecule has 0 atom stereocenters. The summed E-state index contributed by atoms with van der Waals surface area (Å²) in [6, 6.07) is 0.226. The normalized spacial score (nSPS) is 31.4. The molecule has 1 fully saturated rings. The molecular formula is C7H13NO3. The van der Waals surface area contributed by atoms with E-state index < -0.39 is 0 Å². The van der Waals surface area contributed by atoms with Crippen molar-refractivity contribution in [3.8, 4) is 0 Å². The topological polar surface area (TPSA) is 58.6 Å². The van der Waals surface area contributed by atoms with Crippen molar-refractivity contribution in [2.75, 3.05) is 0 Å². The number of carbonyl (C=O) groups is 1. The molecule has 0 heterocycles. The fourth-order valence-corrected chi connectivity index (χ4v) is 1.32. The monoisotopic (exact) mass is 159 g/mol. The second kappa shape index (κ2) is 4.31. The number of hydroxylamine groups is 1. The number of aliphatic hydroxyl groups is 1. The Kier molecular flexibility index (Phi) is 3.32. The third-order valence-corrected chi connectivity index (χ3v) is 1.98. The van der Waals surface area contributed by atoms with Crippen LogP contribution in [0.2, 0.25) is 0 Å². The van der Waals surface area contributed by atoms with Crippen LogP contribution in [-0.2, 0) is 9.63 Å². The number of nitrogens with one attached hydrogen (secondary N) is 1. The van der Waals surface area contributed by atoms with E-state index >= 15 is 0 Å². The minimum atomic E-state index is -0.163. The molecule has 2 N–H and O–H groups in total. The summed E-state index contributed by atoms with van der Waals surface area (Å²) in [5.41, 5.74) is 2.61. The van der Waals surface area contributed by atoms with Crippen LogP contribution in [0.25, 0.3) is 0 Å². The summed E-state index contributed by atoms with van der Waals surface area (Å²) in [6.45, 7) is 0.380. The molecule has 11 heavy (non-hydrogen) atoms. The lowest BCUT2D eigenvalue weighted by Gasteiger charge is -2.24. The first-order valence-electron chi connectivity index (χ1n) is 3.86. The van der Waals surface area contributed by atoms with Gasteiger partial charge in [-0.05, 0) is 25.7 Å². The lowest BCUT2D eigenvalue weighted by Crippen LogP contribution is -2.34. The van der Waals surface area contributed by atoms with Gasteiger partial charge in [-0.1, -0.05) is 0 Å². The summed E-state index contributed by atoms with van der Waals surface area (Å²) in [7, 11) is 0. The lowest BCUT2D eigenvalue weighted by atomic mass is 9.94. The van der Waals surface area contributed by atoms with Crippen molar-refractivity contribution in [3.63, 3.8) is 0 Å². The van der Waals surface area contributed by atoms with Crippen molar-refractivity contribution in [2.24, 2.45) is 0 Å². The first-order chi connectivity index (χ1) is 5.33. The van der Waals surface area contributed by atoms with Crippen LogP contribution in [0.15, 0.2) is 0 Å². The predicted molar refractivity (Wildman–Crippen MR) is 38.5 cm³/mol.